The van der Waals surface area contributed by atoms with Gasteiger partial charge in [-0.2, -0.15) is 0 Å². The Labute approximate surface area is 187 Å². The summed E-state index contributed by atoms with van der Waals surface area (Å²) in [7, 11) is 0. The van der Waals surface area contributed by atoms with Crippen LogP contribution >= 0.6 is 0 Å². The lowest BCUT2D eigenvalue weighted by atomic mass is 10.0. The zero-order chi connectivity index (χ0) is 22.3. The molecule has 1 unspecified atom stereocenters. The van der Waals surface area contributed by atoms with Gasteiger partial charge in [0.1, 0.15) is 17.3 Å². The first-order valence-electron chi connectivity index (χ1n) is 10.9. The molecule has 2 aromatic heterocycles. The molecule has 2 N–H and O–H groups in total. The Hall–Kier alpha value is -3.32. The van der Waals surface area contributed by atoms with E-state index >= 15 is 0 Å². The number of anilines is 1. The standard InChI is InChI=1S/C25H27FN4O2/c26-22-5-1-4-20(13-22)21-7-8-23(27-16-21)25(32)29-15-19-6-9-24(28-14-19)30-11-2-3-18(17-31)10-12-30/h1,4-9,13-14,16,18,31H,2-3,10-12,15,17H2,(H,29,32). The summed E-state index contributed by atoms with van der Waals surface area (Å²) in [6, 6.07) is 13.6. The van der Waals surface area contributed by atoms with Crippen LogP contribution < -0.4 is 10.2 Å². The van der Waals surface area contributed by atoms with Crippen LogP contribution in [-0.2, 0) is 6.54 Å². The molecule has 1 atom stereocenters. The van der Waals surface area contributed by atoms with Crippen molar-refractivity contribution in [2.24, 2.45) is 5.92 Å². The Morgan fingerprint density at radius 2 is 1.97 bits per heavy atom. The van der Waals surface area contributed by atoms with E-state index in [2.05, 4.69) is 20.2 Å². The lowest BCUT2D eigenvalue weighted by Crippen LogP contribution is -2.26. The highest BCUT2D eigenvalue weighted by Crippen LogP contribution is 2.21. The fraction of sp³-hybridized carbons (Fsp3) is 0.320. The van der Waals surface area contributed by atoms with Crippen molar-refractivity contribution in [1.29, 1.82) is 0 Å². The number of aliphatic hydroxyl groups is 1. The van der Waals surface area contributed by atoms with E-state index in [1.165, 1.54) is 12.1 Å². The Morgan fingerprint density at radius 1 is 1.06 bits per heavy atom. The molecule has 3 aromatic rings. The van der Waals surface area contributed by atoms with Crippen molar-refractivity contribution in [3.63, 3.8) is 0 Å². The molecule has 1 aromatic carbocycles. The molecule has 6 nitrogen and oxygen atoms in total. The first-order chi connectivity index (χ1) is 15.6. The molecule has 4 rings (SSSR count). The van der Waals surface area contributed by atoms with Gasteiger partial charge in [-0.1, -0.05) is 24.3 Å². The summed E-state index contributed by atoms with van der Waals surface area (Å²) < 4.78 is 13.4. The molecule has 1 aliphatic heterocycles. The van der Waals surface area contributed by atoms with E-state index in [4.69, 9.17) is 0 Å². The quantitative estimate of drug-likeness (QED) is 0.617. The minimum Gasteiger partial charge on any atom is -0.396 e. The molecule has 166 valence electrons. The number of aromatic nitrogens is 2. The largest absolute Gasteiger partial charge is 0.396 e. The van der Waals surface area contributed by atoms with Crippen molar-refractivity contribution in [3.05, 3.63) is 78.0 Å². The number of halogens is 1. The monoisotopic (exact) mass is 434 g/mol. The molecule has 1 aliphatic rings. The number of nitrogens with one attached hydrogen (secondary N) is 1. The lowest BCUT2D eigenvalue weighted by molar-refractivity contribution is 0.0946. The second-order valence-corrected chi connectivity index (χ2v) is 8.12. The number of amides is 1. The number of carbonyl (C=O) groups is 1. The van der Waals surface area contributed by atoms with Gasteiger partial charge in [-0.15, -0.1) is 0 Å². The molecule has 0 spiro atoms. The van der Waals surface area contributed by atoms with Gasteiger partial charge in [-0.3, -0.25) is 9.78 Å². The molecule has 7 heteroatoms. The van der Waals surface area contributed by atoms with Gasteiger partial charge in [-0.25, -0.2) is 9.37 Å². The Morgan fingerprint density at radius 3 is 2.69 bits per heavy atom. The number of pyridine rings is 2. The third kappa shape index (κ3) is 5.48. The van der Waals surface area contributed by atoms with Gasteiger partial charge in [0.05, 0.1) is 0 Å². The third-order valence-electron chi connectivity index (χ3n) is 5.85. The van der Waals surface area contributed by atoms with Crippen LogP contribution in [0, 0.1) is 11.7 Å². The van der Waals surface area contributed by atoms with Crippen LogP contribution in [0.5, 0.6) is 0 Å². The summed E-state index contributed by atoms with van der Waals surface area (Å²) >= 11 is 0. The maximum Gasteiger partial charge on any atom is 0.270 e. The summed E-state index contributed by atoms with van der Waals surface area (Å²) in [5.74, 6) is 0.718. The van der Waals surface area contributed by atoms with E-state index in [9.17, 15) is 14.3 Å². The van der Waals surface area contributed by atoms with Crippen molar-refractivity contribution in [3.8, 4) is 11.1 Å². The van der Waals surface area contributed by atoms with Crippen molar-refractivity contribution in [2.75, 3.05) is 24.6 Å². The molecule has 1 saturated heterocycles. The minimum absolute atomic E-state index is 0.252. The maximum absolute atomic E-state index is 13.4. The van der Waals surface area contributed by atoms with Gasteiger partial charge in [0.15, 0.2) is 0 Å². The highest BCUT2D eigenvalue weighted by Gasteiger charge is 2.17. The molecule has 3 heterocycles. The molecular weight excluding hydrogens is 407 g/mol. The minimum atomic E-state index is -0.311. The zero-order valence-electron chi connectivity index (χ0n) is 17.9. The van der Waals surface area contributed by atoms with Gasteiger partial charge in [0.2, 0.25) is 0 Å². The molecule has 1 fully saturated rings. The lowest BCUT2D eigenvalue weighted by Gasteiger charge is -2.21. The fourth-order valence-electron chi connectivity index (χ4n) is 3.93. The molecule has 0 aliphatic carbocycles. The second-order valence-electron chi connectivity index (χ2n) is 8.12. The van der Waals surface area contributed by atoms with Crippen LogP contribution in [0.3, 0.4) is 0 Å². The van der Waals surface area contributed by atoms with Gasteiger partial charge >= 0.3 is 0 Å². The number of hydrogen-bond acceptors (Lipinski definition) is 5. The van der Waals surface area contributed by atoms with E-state index in [-0.39, 0.29) is 18.3 Å². The average molecular weight is 435 g/mol. The molecule has 32 heavy (non-hydrogen) atoms. The van der Waals surface area contributed by atoms with E-state index in [1.54, 1.807) is 36.7 Å². The summed E-state index contributed by atoms with van der Waals surface area (Å²) in [5.41, 5.74) is 2.67. The number of benzene rings is 1. The van der Waals surface area contributed by atoms with Crippen LogP contribution in [0.25, 0.3) is 11.1 Å². The SMILES string of the molecule is O=C(NCc1ccc(N2CCCC(CO)CC2)nc1)c1ccc(-c2cccc(F)c2)cn1. The highest BCUT2D eigenvalue weighted by atomic mass is 19.1. The molecule has 1 amide bonds. The average Bonchev–Trinajstić information content (AvgIpc) is 3.09. The maximum atomic E-state index is 13.4. The van der Waals surface area contributed by atoms with E-state index in [1.807, 2.05) is 12.1 Å². The number of hydrogen-bond donors (Lipinski definition) is 2. The van der Waals surface area contributed by atoms with Gasteiger partial charge in [0.25, 0.3) is 5.91 Å². The number of nitrogens with zero attached hydrogens (tertiary/aromatic N) is 3. The Balaban J connectivity index is 1.32. The van der Waals surface area contributed by atoms with Crippen LogP contribution in [-0.4, -0.2) is 40.7 Å². The zero-order valence-corrected chi connectivity index (χ0v) is 17.9. The molecule has 0 radical (unpaired) electrons. The molecule has 0 saturated carbocycles. The smallest absolute Gasteiger partial charge is 0.270 e. The van der Waals surface area contributed by atoms with Crippen molar-refractivity contribution in [2.45, 2.75) is 25.8 Å². The number of aliphatic hydroxyl groups excluding tert-OH is 1. The van der Waals surface area contributed by atoms with E-state index in [0.29, 0.717) is 23.7 Å². The summed E-state index contributed by atoms with van der Waals surface area (Å²) in [6.45, 7) is 2.44. The van der Waals surface area contributed by atoms with Crippen LogP contribution in [0.2, 0.25) is 0 Å². The molecule has 0 bridgehead atoms. The van der Waals surface area contributed by atoms with Gasteiger partial charge in [0, 0.05) is 44.2 Å². The number of rotatable bonds is 6. The highest BCUT2D eigenvalue weighted by molar-refractivity contribution is 5.92. The van der Waals surface area contributed by atoms with E-state index in [0.717, 1.165) is 49.3 Å². The first kappa shape index (κ1) is 21.9. The predicted molar refractivity (Wildman–Crippen MR) is 122 cm³/mol. The third-order valence-corrected chi connectivity index (χ3v) is 5.85. The molecular formula is C25H27FN4O2. The van der Waals surface area contributed by atoms with Gasteiger partial charge < -0.3 is 15.3 Å². The van der Waals surface area contributed by atoms with Gasteiger partial charge in [-0.05, 0) is 60.6 Å². The Kier molecular flexibility index (Phi) is 7.07. The topological polar surface area (TPSA) is 78.4 Å². The fourth-order valence-corrected chi connectivity index (χ4v) is 3.93. The van der Waals surface area contributed by atoms with Crippen LogP contribution in [0.15, 0.2) is 60.9 Å². The normalized spacial score (nSPS) is 16.4. The first-order valence-corrected chi connectivity index (χ1v) is 10.9. The summed E-state index contributed by atoms with van der Waals surface area (Å²) in [4.78, 5) is 23.5. The van der Waals surface area contributed by atoms with Crippen molar-refractivity contribution in [1.82, 2.24) is 15.3 Å². The second kappa shape index (κ2) is 10.3. The van der Waals surface area contributed by atoms with E-state index < -0.39 is 0 Å². The van der Waals surface area contributed by atoms with Crippen LogP contribution in [0.1, 0.15) is 35.3 Å². The van der Waals surface area contributed by atoms with Crippen molar-refractivity contribution >= 4 is 11.7 Å². The van der Waals surface area contributed by atoms with Crippen molar-refractivity contribution < 1.29 is 14.3 Å². The summed E-state index contributed by atoms with van der Waals surface area (Å²) in [6.07, 6.45) is 6.43. The Bertz CT molecular complexity index is 1040. The summed E-state index contributed by atoms with van der Waals surface area (Å²) in [5, 5.41) is 12.2. The number of carbonyl (C=O) groups excluding carboxylic acids is 1. The predicted octanol–water partition coefficient (Wildman–Crippen LogP) is 3.81. The van der Waals surface area contributed by atoms with Crippen LogP contribution in [0.4, 0.5) is 10.2 Å².